The van der Waals surface area contributed by atoms with Gasteiger partial charge < -0.3 is 14.5 Å². The molecular weight excluding hydrogens is 262 g/mol. The molecule has 2 aromatic rings. The lowest BCUT2D eigenvalue weighted by Crippen LogP contribution is -2.15. The van der Waals surface area contributed by atoms with E-state index in [9.17, 15) is 0 Å². The first-order chi connectivity index (χ1) is 10.2. The highest BCUT2D eigenvalue weighted by Gasteiger charge is 2.23. The molecule has 1 atom stereocenters. The third-order valence-corrected chi connectivity index (χ3v) is 4.49. The third kappa shape index (κ3) is 2.99. The zero-order valence-electron chi connectivity index (χ0n) is 13.2. The predicted molar refractivity (Wildman–Crippen MR) is 85.5 cm³/mol. The number of benzene rings is 1. The highest BCUT2D eigenvalue weighted by atomic mass is 16.5. The van der Waals surface area contributed by atoms with Crippen molar-refractivity contribution in [1.82, 2.24) is 5.32 Å². The van der Waals surface area contributed by atoms with E-state index < -0.39 is 0 Å². The van der Waals surface area contributed by atoms with Gasteiger partial charge in [0.2, 0.25) is 0 Å². The first-order valence-corrected chi connectivity index (χ1v) is 8.00. The van der Waals surface area contributed by atoms with Crippen LogP contribution < -0.4 is 5.32 Å². The smallest absolute Gasteiger partial charge is 0.138 e. The van der Waals surface area contributed by atoms with Crippen molar-refractivity contribution in [3.63, 3.8) is 0 Å². The van der Waals surface area contributed by atoms with Crippen molar-refractivity contribution in [2.45, 2.75) is 58.2 Å². The molecule has 21 heavy (non-hydrogen) atoms. The van der Waals surface area contributed by atoms with Crippen LogP contribution in [-0.4, -0.2) is 13.2 Å². The first-order valence-electron chi connectivity index (χ1n) is 8.00. The minimum atomic E-state index is 0.513. The van der Waals surface area contributed by atoms with Gasteiger partial charge in [-0.15, -0.1) is 0 Å². The van der Waals surface area contributed by atoms with E-state index in [-0.39, 0.29) is 0 Å². The fourth-order valence-electron chi connectivity index (χ4n) is 2.82. The van der Waals surface area contributed by atoms with Gasteiger partial charge in [-0.05, 0) is 30.7 Å². The summed E-state index contributed by atoms with van der Waals surface area (Å²) < 4.78 is 11.6. The molecule has 0 aliphatic heterocycles. The van der Waals surface area contributed by atoms with Crippen molar-refractivity contribution in [1.29, 1.82) is 0 Å². The second kappa shape index (κ2) is 6.20. The topological polar surface area (TPSA) is 34.4 Å². The standard InChI is InChI=1S/C18H25NO2/c1-4-12(2)14-6-5-7-15-16(11-20-3)17(21-18(14)15)10-19-13-8-9-13/h5-7,12-13,19H,4,8-11H2,1-3H3. The van der Waals surface area contributed by atoms with Crippen molar-refractivity contribution in [3.8, 4) is 0 Å². The zero-order valence-corrected chi connectivity index (χ0v) is 13.2. The van der Waals surface area contributed by atoms with E-state index in [4.69, 9.17) is 9.15 Å². The average Bonchev–Trinajstić information content (AvgIpc) is 3.27. The maximum absolute atomic E-state index is 6.24. The van der Waals surface area contributed by atoms with Crippen LogP contribution in [-0.2, 0) is 17.9 Å². The molecular formula is C18H25NO2. The molecule has 3 nitrogen and oxygen atoms in total. The fourth-order valence-corrected chi connectivity index (χ4v) is 2.82. The molecule has 0 spiro atoms. The fraction of sp³-hybridized carbons (Fsp3) is 0.556. The van der Waals surface area contributed by atoms with Crippen molar-refractivity contribution >= 4 is 11.0 Å². The molecule has 1 aromatic carbocycles. The Morgan fingerprint density at radius 2 is 2.19 bits per heavy atom. The number of hydrogen-bond donors (Lipinski definition) is 1. The van der Waals surface area contributed by atoms with Crippen LogP contribution in [0.5, 0.6) is 0 Å². The van der Waals surface area contributed by atoms with Crippen LogP contribution in [0.15, 0.2) is 22.6 Å². The van der Waals surface area contributed by atoms with Gasteiger partial charge in [0, 0.05) is 24.1 Å². The highest BCUT2D eigenvalue weighted by molar-refractivity contribution is 5.85. The molecule has 3 heteroatoms. The molecule has 3 rings (SSSR count). The SMILES string of the molecule is CCC(C)c1cccc2c(COC)c(CNC3CC3)oc12. The molecule has 1 saturated carbocycles. The zero-order chi connectivity index (χ0) is 14.8. The van der Waals surface area contributed by atoms with Crippen molar-refractivity contribution in [2.75, 3.05) is 7.11 Å². The van der Waals surface area contributed by atoms with E-state index in [0.29, 0.717) is 18.6 Å². The Hall–Kier alpha value is -1.32. The maximum Gasteiger partial charge on any atom is 0.138 e. The summed E-state index contributed by atoms with van der Waals surface area (Å²) in [5, 5.41) is 4.76. The molecule has 1 aliphatic rings. The Morgan fingerprint density at radius 3 is 2.86 bits per heavy atom. The van der Waals surface area contributed by atoms with Crippen LogP contribution in [0.3, 0.4) is 0 Å². The summed E-state index contributed by atoms with van der Waals surface area (Å²) in [4.78, 5) is 0. The largest absolute Gasteiger partial charge is 0.459 e. The molecule has 1 aromatic heterocycles. The van der Waals surface area contributed by atoms with Crippen LogP contribution >= 0.6 is 0 Å². The first kappa shape index (κ1) is 14.6. The quantitative estimate of drug-likeness (QED) is 0.822. The summed E-state index contributed by atoms with van der Waals surface area (Å²) in [5.74, 6) is 1.55. The number of ether oxygens (including phenoxy) is 1. The molecule has 1 heterocycles. The Labute approximate surface area is 126 Å². The molecule has 1 aliphatic carbocycles. The van der Waals surface area contributed by atoms with Crippen LogP contribution in [0.25, 0.3) is 11.0 Å². The Kier molecular flexibility index (Phi) is 4.32. The number of furan rings is 1. The molecule has 0 saturated heterocycles. The van der Waals surface area contributed by atoms with Gasteiger partial charge in [-0.25, -0.2) is 0 Å². The summed E-state index contributed by atoms with van der Waals surface area (Å²) in [6, 6.07) is 7.16. The lowest BCUT2D eigenvalue weighted by Gasteiger charge is -2.09. The van der Waals surface area contributed by atoms with E-state index in [1.165, 1.54) is 29.4 Å². The third-order valence-electron chi connectivity index (χ3n) is 4.49. The normalized spacial score (nSPS) is 16.5. The second-order valence-electron chi connectivity index (χ2n) is 6.13. The van der Waals surface area contributed by atoms with Crippen LogP contribution in [0.1, 0.15) is 55.9 Å². The van der Waals surface area contributed by atoms with E-state index in [2.05, 4.69) is 37.4 Å². The number of hydrogen-bond acceptors (Lipinski definition) is 3. The molecule has 0 amide bonds. The molecule has 1 unspecified atom stereocenters. The number of methoxy groups -OCH3 is 1. The minimum Gasteiger partial charge on any atom is -0.459 e. The number of fused-ring (bicyclic) bond motifs is 1. The summed E-state index contributed by atoms with van der Waals surface area (Å²) in [5.41, 5.74) is 3.56. The summed E-state index contributed by atoms with van der Waals surface area (Å²) in [6.07, 6.45) is 3.70. The number of nitrogens with one attached hydrogen (secondary N) is 1. The van der Waals surface area contributed by atoms with Crippen LogP contribution in [0, 0.1) is 0 Å². The van der Waals surface area contributed by atoms with Gasteiger partial charge in [0.25, 0.3) is 0 Å². The summed E-state index contributed by atoms with van der Waals surface area (Å²) in [7, 11) is 1.75. The van der Waals surface area contributed by atoms with Crippen molar-refractivity contribution in [2.24, 2.45) is 0 Å². The number of rotatable bonds is 7. The van der Waals surface area contributed by atoms with Gasteiger partial charge in [-0.3, -0.25) is 0 Å². The number of para-hydroxylation sites is 1. The van der Waals surface area contributed by atoms with Crippen molar-refractivity contribution in [3.05, 3.63) is 35.1 Å². The monoisotopic (exact) mass is 287 g/mol. The van der Waals surface area contributed by atoms with Crippen LogP contribution in [0.2, 0.25) is 0 Å². The molecule has 1 N–H and O–H groups in total. The van der Waals surface area contributed by atoms with E-state index >= 15 is 0 Å². The minimum absolute atomic E-state index is 0.513. The average molecular weight is 287 g/mol. The van der Waals surface area contributed by atoms with Gasteiger partial charge in [0.15, 0.2) is 0 Å². The van der Waals surface area contributed by atoms with Gasteiger partial charge in [0.05, 0.1) is 13.2 Å². The summed E-state index contributed by atoms with van der Waals surface area (Å²) in [6.45, 7) is 5.89. The van der Waals surface area contributed by atoms with E-state index in [1.807, 2.05) is 0 Å². The van der Waals surface area contributed by atoms with Gasteiger partial charge in [-0.1, -0.05) is 32.0 Å². The van der Waals surface area contributed by atoms with Gasteiger partial charge in [-0.2, -0.15) is 0 Å². The van der Waals surface area contributed by atoms with Crippen molar-refractivity contribution < 1.29 is 9.15 Å². The predicted octanol–water partition coefficient (Wildman–Crippen LogP) is 4.34. The van der Waals surface area contributed by atoms with Gasteiger partial charge >= 0.3 is 0 Å². The van der Waals surface area contributed by atoms with Gasteiger partial charge in [0.1, 0.15) is 11.3 Å². The Balaban J connectivity index is 2.01. The molecule has 114 valence electrons. The Morgan fingerprint density at radius 1 is 1.38 bits per heavy atom. The molecule has 0 radical (unpaired) electrons. The molecule has 0 bridgehead atoms. The lowest BCUT2D eigenvalue weighted by atomic mass is 9.96. The van der Waals surface area contributed by atoms with Crippen LogP contribution in [0.4, 0.5) is 0 Å². The maximum atomic E-state index is 6.24. The lowest BCUT2D eigenvalue weighted by molar-refractivity contribution is 0.183. The summed E-state index contributed by atoms with van der Waals surface area (Å²) >= 11 is 0. The highest BCUT2D eigenvalue weighted by Crippen LogP contribution is 2.34. The second-order valence-corrected chi connectivity index (χ2v) is 6.13. The van der Waals surface area contributed by atoms with E-state index in [1.54, 1.807) is 7.11 Å². The van der Waals surface area contributed by atoms with E-state index in [0.717, 1.165) is 24.3 Å². The Bertz CT molecular complexity index is 613. The molecule has 1 fully saturated rings.